The number of hydrogen-bond donors (Lipinski definition) is 1. The molecule has 3 aromatic rings. The Bertz CT molecular complexity index is 2460. The van der Waals surface area contributed by atoms with Gasteiger partial charge in [-0.05, 0) is 71.8 Å². The van der Waals surface area contributed by atoms with Crippen LogP contribution in [0.3, 0.4) is 0 Å². The van der Waals surface area contributed by atoms with Gasteiger partial charge in [-0.25, -0.2) is 0 Å². The topological polar surface area (TPSA) is 163 Å². The van der Waals surface area contributed by atoms with Crippen LogP contribution in [0.15, 0.2) is 66.4 Å². The zero-order valence-electron chi connectivity index (χ0n) is 40.1. The van der Waals surface area contributed by atoms with E-state index in [0.717, 1.165) is 41.6 Å². The maximum absolute atomic E-state index is 14.5. The number of methoxy groups -OCH3 is 2. The standard InChI is InChI=1S/C50H65N5O10Si2/c1-60-43-24-37-39(54(30-62-18-20-66(3,4)5)49(58)41-22-34(32-10-11-32)28-52(41)47(37)56)26-45(43)64-16-9-17-65-46-27-40-38(25-44(46)61-2)48(57)53-29-35(33-12-14-36(51)15-13-33)23-42(53)50(59)55(40)31-63-19-21-67(6,7)8/h12-15,22,24-27,29,32,41-42H,9-11,16-21,23,28,30-31,51H2,1-8H3/t41-,42-/m0/s1. The number of carbonyl (C=O) groups excluding carboxylic acids is 4. The first kappa shape index (κ1) is 47.9. The molecule has 0 aromatic heterocycles. The molecule has 5 aliphatic rings. The summed E-state index contributed by atoms with van der Waals surface area (Å²) in [4.78, 5) is 63.8. The van der Waals surface area contributed by atoms with Gasteiger partial charge in [0.2, 0.25) is 0 Å². The van der Waals surface area contributed by atoms with Gasteiger partial charge < -0.3 is 44.0 Å². The Morgan fingerprint density at radius 1 is 0.672 bits per heavy atom. The summed E-state index contributed by atoms with van der Waals surface area (Å²) in [6.07, 6.45) is 6.63. The van der Waals surface area contributed by atoms with E-state index < -0.39 is 28.2 Å². The predicted molar refractivity (Wildman–Crippen MR) is 264 cm³/mol. The van der Waals surface area contributed by atoms with E-state index >= 15 is 0 Å². The summed E-state index contributed by atoms with van der Waals surface area (Å²) in [7, 11) is 0.194. The van der Waals surface area contributed by atoms with E-state index in [1.807, 2.05) is 18.2 Å². The molecule has 1 saturated carbocycles. The highest BCUT2D eigenvalue weighted by atomic mass is 28.3. The summed E-state index contributed by atoms with van der Waals surface area (Å²) >= 11 is 0. The number of amides is 4. The molecule has 1 aliphatic carbocycles. The van der Waals surface area contributed by atoms with Crippen LogP contribution in [0.25, 0.3) is 5.57 Å². The molecule has 0 bridgehead atoms. The summed E-state index contributed by atoms with van der Waals surface area (Å²) in [6.45, 7) is 15.4. The van der Waals surface area contributed by atoms with Gasteiger partial charge in [-0.3, -0.25) is 29.0 Å². The maximum Gasteiger partial charge on any atom is 0.260 e. The molecule has 67 heavy (non-hydrogen) atoms. The number of rotatable bonds is 20. The van der Waals surface area contributed by atoms with E-state index in [-0.39, 0.29) is 55.9 Å². The Morgan fingerprint density at radius 3 is 1.73 bits per heavy atom. The van der Waals surface area contributed by atoms with Gasteiger partial charge in [0.25, 0.3) is 23.6 Å². The molecule has 358 valence electrons. The minimum Gasteiger partial charge on any atom is -0.493 e. The van der Waals surface area contributed by atoms with Gasteiger partial charge in [-0.2, -0.15) is 0 Å². The Balaban J connectivity index is 1.00. The zero-order chi connectivity index (χ0) is 47.8. The molecule has 4 aliphatic heterocycles. The minimum absolute atomic E-state index is 0.00200. The number of fused-ring (bicyclic) bond motifs is 4. The van der Waals surface area contributed by atoms with Crippen molar-refractivity contribution in [2.24, 2.45) is 5.92 Å². The highest BCUT2D eigenvalue weighted by Crippen LogP contribution is 2.45. The van der Waals surface area contributed by atoms with Crippen LogP contribution in [0.2, 0.25) is 51.4 Å². The number of hydrogen-bond acceptors (Lipinski definition) is 11. The Labute approximate surface area is 395 Å². The maximum atomic E-state index is 14.5. The Hall–Kier alpha value is -5.63. The highest BCUT2D eigenvalue weighted by Gasteiger charge is 2.46. The van der Waals surface area contributed by atoms with Crippen LogP contribution in [-0.4, -0.2) is 122 Å². The van der Waals surface area contributed by atoms with Crippen LogP contribution < -0.4 is 34.5 Å². The second-order valence-corrected chi connectivity index (χ2v) is 31.7. The number of nitrogen functional groups attached to an aromatic ring is 1. The monoisotopic (exact) mass is 951 g/mol. The van der Waals surface area contributed by atoms with Crippen molar-refractivity contribution in [3.63, 3.8) is 0 Å². The number of benzene rings is 3. The summed E-state index contributed by atoms with van der Waals surface area (Å²) in [5, 5.41) is 0. The average molecular weight is 952 g/mol. The Kier molecular flexibility index (Phi) is 14.0. The molecule has 8 rings (SSSR count). The van der Waals surface area contributed by atoms with E-state index in [1.165, 1.54) is 19.1 Å². The van der Waals surface area contributed by atoms with Crippen molar-refractivity contribution in [1.29, 1.82) is 0 Å². The van der Waals surface area contributed by atoms with Gasteiger partial charge in [-0.15, -0.1) is 0 Å². The van der Waals surface area contributed by atoms with Crippen molar-refractivity contribution in [2.75, 3.05) is 76.2 Å². The number of anilines is 3. The smallest absolute Gasteiger partial charge is 0.260 e. The van der Waals surface area contributed by atoms with Gasteiger partial charge in [0.05, 0.1) is 49.9 Å². The molecule has 0 radical (unpaired) electrons. The second-order valence-electron chi connectivity index (χ2n) is 20.4. The molecule has 2 N–H and O–H groups in total. The second kappa shape index (κ2) is 19.5. The van der Waals surface area contributed by atoms with E-state index in [0.29, 0.717) is 84.1 Å². The van der Waals surface area contributed by atoms with Crippen LogP contribution in [0.4, 0.5) is 17.1 Å². The van der Waals surface area contributed by atoms with Crippen LogP contribution in [-0.2, 0) is 19.1 Å². The fourth-order valence-electron chi connectivity index (χ4n) is 8.74. The third-order valence-corrected chi connectivity index (χ3v) is 16.3. The van der Waals surface area contributed by atoms with Crippen molar-refractivity contribution >= 4 is 62.4 Å². The first-order chi connectivity index (χ1) is 31.9. The van der Waals surface area contributed by atoms with Gasteiger partial charge in [-0.1, -0.05) is 57.5 Å². The Morgan fingerprint density at radius 2 is 1.21 bits per heavy atom. The number of ether oxygens (including phenoxy) is 6. The van der Waals surface area contributed by atoms with Gasteiger partial charge >= 0.3 is 0 Å². The summed E-state index contributed by atoms with van der Waals surface area (Å²) in [6, 6.07) is 14.4. The molecular weight excluding hydrogens is 887 g/mol. The van der Waals surface area contributed by atoms with Crippen molar-refractivity contribution in [3.8, 4) is 23.0 Å². The molecule has 4 amide bonds. The number of nitrogens with two attached hydrogens (primary N) is 1. The predicted octanol–water partition coefficient (Wildman–Crippen LogP) is 7.87. The molecule has 1 fully saturated rings. The molecule has 15 nitrogen and oxygen atoms in total. The van der Waals surface area contributed by atoms with Crippen LogP contribution in [0.5, 0.6) is 23.0 Å². The zero-order valence-corrected chi connectivity index (χ0v) is 42.1. The van der Waals surface area contributed by atoms with E-state index in [2.05, 4.69) is 39.3 Å². The molecule has 0 spiro atoms. The van der Waals surface area contributed by atoms with Crippen LogP contribution >= 0.6 is 0 Å². The first-order valence-corrected chi connectivity index (χ1v) is 30.7. The van der Waals surface area contributed by atoms with Crippen LogP contribution in [0.1, 0.15) is 52.0 Å². The molecule has 17 heteroatoms. The molecular formula is C50H65N5O10Si2. The highest BCUT2D eigenvalue weighted by molar-refractivity contribution is 6.76. The summed E-state index contributed by atoms with van der Waals surface area (Å²) in [5.41, 5.74) is 10.9. The van der Waals surface area contributed by atoms with Crippen molar-refractivity contribution in [1.82, 2.24) is 9.80 Å². The van der Waals surface area contributed by atoms with Gasteiger partial charge in [0.15, 0.2) is 23.0 Å². The van der Waals surface area contributed by atoms with E-state index in [1.54, 1.807) is 57.3 Å². The summed E-state index contributed by atoms with van der Waals surface area (Å²) in [5.74, 6) is 0.776. The van der Waals surface area contributed by atoms with Gasteiger partial charge in [0, 0.05) is 72.8 Å². The summed E-state index contributed by atoms with van der Waals surface area (Å²) < 4.78 is 36.5. The average Bonchev–Trinajstić information content (AvgIpc) is 3.91. The lowest BCUT2D eigenvalue weighted by Crippen LogP contribution is -2.45. The van der Waals surface area contributed by atoms with E-state index in [9.17, 15) is 19.2 Å². The molecule has 3 aromatic carbocycles. The molecule has 0 unspecified atom stereocenters. The quantitative estimate of drug-likeness (QED) is 0.0508. The fourth-order valence-corrected chi connectivity index (χ4v) is 10.3. The minimum atomic E-state index is -1.43. The largest absolute Gasteiger partial charge is 0.493 e. The first-order valence-electron chi connectivity index (χ1n) is 23.3. The van der Waals surface area contributed by atoms with Crippen LogP contribution in [0, 0.1) is 5.92 Å². The van der Waals surface area contributed by atoms with Gasteiger partial charge in [0.1, 0.15) is 25.5 Å². The lowest BCUT2D eigenvalue weighted by atomic mass is 10.0. The third-order valence-electron chi connectivity index (χ3n) is 12.9. The molecule has 4 heterocycles. The van der Waals surface area contributed by atoms with Crippen molar-refractivity contribution < 1.29 is 47.6 Å². The lowest BCUT2D eigenvalue weighted by Gasteiger charge is -2.27. The molecule has 2 atom stereocenters. The number of carbonyl (C=O) groups is 4. The number of nitrogens with zero attached hydrogens (tertiary/aromatic N) is 4. The normalized spacial score (nSPS) is 19.3. The van der Waals surface area contributed by atoms with Crippen molar-refractivity contribution in [3.05, 3.63) is 83.1 Å². The van der Waals surface area contributed by atoms with Crippen molar-refractivity contribution in [2.45, 2.75) is 89.1 Å². The SMILES string of the molecule is COc1cc2c(cc1OCCCOc1cc3c(cc1OC)C(=O)N1CC(C4CC4)=C[C@H]1C(=O)N3COCC[Si](C)(C)C)N(COCC[Si](C)(C)C)C(=O)[C@@H]1CC(c3ccc(N)cc3)=CN1C2=O. The van der Waals surface area contributed by atoms with E-state index in [4.69, 9.17) is 34.2 Å². The fraction of sp³-hybridized carbons (Fsp3) is 0.480. The third kappa shape index (κ3) is 10.6. The molecule has 0 saturated heterocycles. The lowest BCUT2D eigenvalue weighted by molar-refractivity contribution is -0.123.